The topological polar surface area (TPSA) is 52.6 Å². The molecule has 2 aromatic rings. The fraction of sp³-hybridized carbons (Fsp3) is 0.462. The monoisotopic (exact) mass is 280 g/mol. The second-order valence-corrected chi connectivity index (χ2v) is 5.35. The third-order valence-corrected chi connectivity index (χ3v) is 3.89. The number of nitrogens with one attached hydrogen (secondary N) is 1. The zero-order valence-corrected chi connectivity index (χ0v) is 11.5. The summed E-state index contributed by atoms with van der Waals surface area (Å²) in [5.41, 5.74) is 0.896. The number of para-hydroxylation sites is 1. The van der Waals surface area contributed by atoms with E-state index in [0.717, 1.165) is 21.1 Å². The predicted octanol–water partition coefficient (Wildman–Crippen LogP) is 2.13. The Balaban J connectivity index is 1.81. The molecule has 0 bridgehead atoms. The van der Waals surface area contributed by atoms with Crippen molar-refractivity contribution < 1.29 is 14.2 Å². The molecule has 2 heterocycles. The highest BCUT2D eigenvalue weighted by Crippen LogP contribution is 2.32. The van der Waals surface area contributed by atoms with Crippen LogP contribution in [-0.2, 0) is 9.47 Å². The minimum Gasteiger partial charge on any atom is -0.494 e. The van der Waals surface area contributed by atoms with Crippen molar-refractivity contribution in [1.82, 2.24) is 4.98 Å². The van der Waals surface area contributed by atoms with Gasteiger partial charge in [0.1, 0.15) is 11.3 Å². The summed E-state index contributed by atoms with van der Waals surface area (Å²) in [5, 5.41) is 4.24. The number of benzene rings is 1. The molecule has 0 aliphatic carbocycles. The molecule has 19 heavy (non-hydrogen) atoms. The number of hydrogen-bond acceptors (Lipinski definition) is 6. The number of ether oxygens (including phenoxy) is 3. The molecule has 6 heteroatoms. The molecular formula is C13H16N2O3S. The van der Waals surface area contributed by atoms with Crippen molar-refractivity contribution >= 4 is 26.7 Å². The highest BCUT2D eigenvalue weighted by molar-refractivity contribution is 7.22. The molecule has 1 aromatic carbocycles. The lowest BCUT2D eigenvalue weighted by atomic mass is 10.3. The first-order chi connectivity index (χ1) is 9.36. The average molecular weight is 280 g/mol. The summed E-state index contributed by atoms with van der Waals surface area (Å²) in [7, 11) is 1.66. The molecular weight excluding hydrogens is 264 g/mol. The first-order valence-corrected chi connectivity index (χ1v) is 7.04. The largest absolute Gasteiger partial charge is 0.494 e. The van der Waals surface area contributed by atoms with Crippen LogP contribution in [0.5, 0.6) is 5.75 Å². The Morgan fingerprint density at radius 3 is 2.84 bits per heavy atom. The molecule has 0 unspecified atom stereocenters. The van der Waals surface area contributed by atoms with E-state index in [-0.39, 0.29) is 6.04 Å². The molecule has 1 aliphatic rings. The van der Waals surface area contributed by atoms with E-state index in [1.54, 1.807) is 18.4 Å². The number of methoxy groups -OCH3 is 1. The highest BCUT2D eigenvalue weighted by Gasteiger charge is 2.15. The molecule has 1 N–H and O–H groups in total. The van der Waals surface area contributed by atoms with Crippen LogP contribution in [0.2, 0.25) is 0 Å². The van der Waals surface area contributed by atoms with Crippen LogP contribution >= 0.6 is 11.3 Å². The molecule has 1 saturated heterocycles. The van der Waals surface area contributed by atoms with Crippen molar-refractivity contribution in [3.05, 3.63) is 18.2 Å². The van der Waals surface area contributed by atoms with Crippen LogP contribution in [0.1, 0.15) is 0 Å². The van der Waals surface area contributed by atoms with Gasteiger partial charge in [0.05, 0.1) is 44.3 Å². The maximum atomic E-state index is 5.46. The summed E-state index contributed by atoms with van der Waals surface area (Å²) in [5.74, 6) is 0.801. The summed E-state index contributed by atoms with van der Waals surface area (Å²) >= 11 is 1.61. The molecule has 5 nitrogen and oxygen atoms in total. The molecule has 0 spiro atoms. The minimum atomic E-state index is 0.147. The van der Waals surface area contributed by atoms with Gasteiger partial charge in [0.25, 0.3) is 0 Å². The minimum absolute atomic E-state index is 0.147. The van der Waals surface area contributed by atoms with Gasteiger partial charge >= 0.3 is 0 Å². The second-order valence-electron chi connectivity index (χ2n) is 4.32. The first kappa shape index (κ1) is 12.7. The molecule has 0 saturated carbocycles. The summed E-state index contributed by atoms with van der Waals surface area (Å²) < 4.78 is 17.4. The van der Waals surface area contributed by atoms with Crippen molar-refractivity contribution in [1.29, 1.82) is 0 Å². The van der Waals surface area contributed by atoms with E-state index in [9.17, 15) is 0 Å². The van der Waals surface area contributed by atoms with Gasteiger partial charge in [-0.25, -0.2) is 4.98 Å². The Bertz CT molecular complexity index is 550. The Hall–Kier alpha value is -1.37. The Kier molecular flexibility index (Phi) is 3.82. The van der Waals surface area contributed by atoms with Crippen molar-refractivity contribution in [2.75, 3.05) is 38.9 Å². The van der Waals surface area contributed by atoms with Gasteiger partial charge in [-0.15, -0.1) is 0 Å². The zero-order chi connectivity index (χ0) is 13.1. The molecule has 3 rings (SSSR count). The Morgan fingerprint density at radius 1 is 1.32 bits per heavy atom. The third kappa shape index (κ3) is 2.80. The smallest absolute Gasteiger partial charge is 0.184 e. The van der Waals surface area contributed by atoms with Gasteiger partial charge in [-0.3, -0.25) is 0 Å². The van der Waals surface area contributed by atoms with Gasteiger partial charge in [-0.1, -0.05) is 17.4 Å². The average Bonchev–Trinajstić information content (AvgIpc) is 2.66. The number of hydrogen-bond donors (Lipinski definition) is 1. The quantitative estimate of drug-likeness (QED) is 0.933. The van der Waals surface area contributed by atoms with Crippen molar-refractivity contribution in [3.63, 3.8) is 0 Å². The Labute approximate surface area is 115 Å². The van der Waals surface area contributed by atoms with Crippen LogP contribution in [0.25, 0.3) is 10.2 Å². The van der Waals surface area contributed by atoms with Crippen LogP contribution in [0, 0.1) is 0 Å². The van der Waals surface area contributed by atoms with Gasteiger partial charge in [0.2, 0.25) is 0 Å². The van der Waals surface area contributed by atoms with Crippen molar-refractivity contribution in [2.45, 2.75) is 6.04 Å². The van der Waals surface area contributed by atoms with Gasteiger partial charge in [-0.2, -0.15) is 0 Å². The summed E-state index contributed by atoms with van der Waals surface area (Å²) in [6.07, 6.45) is 0. The van der Waals surface area contributed by atoms with E-state index < -0.39 is 0 Å². The molecule has 0 radical (unpaired) electrons. The predicted molar refractivity (Wildman–Crippen MR) is 75.2 cm³/mol. The lowest BCUT2D eigenvalue weighted by Gasteiger charge is -2.13. The number of anilines is 1. The van der Waals surface area contributed by atoms with Gasteiger partial charge < -0.3 is 19.5 Å². The fourth-order valence-corrected chi connectivity index (χ4v) is 2.99. The lowest BCUT2D eigenvalue weighted by Crippen LogP contribution is -2.28. The number of nitrogens with zero attached hydrogens (tertiary/aromatic N) is 1. The summed E-state index contributed by atoms with van der Waals surface area (Å²) in [4.78, 5) is 4.58. The van der Waals surface area contributed by atoms with E-state index in [1.165, 1.54) is 0 Å². The number of rotatable bonds is 3. The highest BCUT2D eigenvalue weighted by atomic mass is 32.1. The third-order valence-electron chi connectivity index (χ3n) is 2.94. The van der Waals surface area contributed by atoms with Gasteiger partial charge in [0, 0.05) is 0 Å². The van der Waals surface area contributed by atoms with Gasteiger partial charge in [-0.05, 0) is 12.1 Å². The fourth-order valence-electron chi connectivity index (χ4n) is 2.02. The standard InChI is InChI=1S/C13H16N2O3S/c1-16-10-3-2-4-11-12(10)15-13(19-11)14-9-7-17-5-6-18-8-9/h2-4,9H,5-8H2,1H3,(H,14,15). The Morgan fingerprint density at radius 2 is 2.11 bits per heavy atom. The normalized spacial score (nSPS) is 17.3. The van der Waals surface area contributed by atoms with E-state index in [1.807, 2.05) is 18.2 Å². The van der Waals surface area contributed by atoms with Crippen LogP contribution in [0.15, 0.2) is 18.2 Å². The lowest BCUT2D eigenvalue weighted by molar-refractivity contribution is 0.103. The van der Waals surface area contributed by atoms with Crippen LogP contribution in [0.3, 0.4) is 0 Å². The van der Waals surface area contributed by atoms with E-state index in [0.29, 0.717) is 26.4 Å². The molecule has 1 fully saturated rings. The summed E-state index contributed by atoms with van der Waals surface area (Å²) in [6.45, 7) is 2.61. The molecule has 102 valence electrons. The zero-order valence-electron chi connectivity index (χ0n) is 10.7. The number of thiazole rings is 1. The first-order valence-electron chi connectivity index (χ1n) is 6.22. The molecule has 1 aromatic heterocycles. The van der Waals surface area contributed by atoms with Crippen LogP contribution in [0.4, 0.5) is 5.13 Å². The second kappa shape index (κ2) is 5.73. The van der Waals surface area contributed by atoms with Crippen molar-refractivity contribution in [2.24, 2.45) is 0 Å². The van der Waals surface area contributed by atoms with Gasteiger partial charge in [0.15, 0.2) is 5.13 Å². The molecule has 0 atom stereocenters. The summed E-state index contributed by atoms with van der Waals surface area (Å²) in [6, 6.07) is 6.08. The maximum absolute atomic E-state index is 5.46. The van der Waals surface area contributed by atoms with E-state index in [4.69, 9.17) is 14.2 Å². The van der Waals surface area contributed by atoms with E-state index >= 15 is 0 Å². The SMILES string of the molecule is COc1cccc2sc(NC3COCCOC3)nc12. The number of aromatic nitrogens is 1. The van der Waals surface area contributed by atoms with Crippen LogP contribution in [-0.4, -0.2) is 44.6 Å². The van der Waals surface area contributed by atoms with Crippen LogP contribution < -0.4 is 10.1 Å². The molecule has 0 amide bonds. The van der Waals surface area contributed by atoms with E-state index in [2.05, 4.69) is 10.3 Å². The van der Waals surface area contributed by atoms with Crippen molar-refractivity contribution in [3.8, 4) is 5.75 Å². The molecule has 1 aliphatic heterocycles. The maximum Gasteiger partial charge on any atom is 0.184 e. The number of fused-ring (bicyclic) bond motifs is 1.